The standard InChI is InChI=1S/C22H22O11/c1-30-10-5-13(25)11-7-16(32-22-20(29)19(28)18(27)17(8-23)33-22)21(31-15(11)6-10)9-2-3-12(24)14(26)4-9/h2-7,17-20,22-23,27-29H,8H2,1H3,(H2-,24,25,26)/p+1/t17-,18-,19+,20-,22-/m1/s1. The van der Waals surface area contributed by atoms with Gasteiger partial charge in [0.15, 0.2) is 11.5 Å². The maximum atomic E-state index is 10.4. The first-order valence-electron chi connectivity index (χ1n) is 9.91. The van der Waals surface area contributed by atoms with Crippen LogP contribution in [0.2, 0.25) is 0 Å². The van der Waals surface area contributed by atoms with E-state index in [0.29, 0.717) is 5.75 Å². The minimum atomic E-state index is -1.69. The largest absolute Gasteiger partial charge is 0.507 e. The van der Waals surface area contributed by atoms with E-state index in [1.807, 2.05) is 0 Å². The van der Waals surface area contributed by atoms with E-state index in [1.54, 1.807) is 0 Å². The van der Waals surface area contributed by atoms with Gasteiger partial charge in [0.25, 0.3) is 0 Å². The Balaban J connectivity index is 1.84. The lowest BCUT2D eigenvalue weighted by Gasteiger charge is -2.39. The highest BCUT2D eigenvalue weighted by molar-refractivity contribution is 5.88. The van der Waals surface area contributed by atoms with Crippen molar-refractivity contribution >= 4 is 11.0 Å². The van der Waals surface area contributed by atoms with E-state index < -0.39 is 43.1 Å². The number of aromatic hydroxyl groups is 3. The van der Waals surface area contributed by atoms with Gasteiger partial charge in [-0.2, -0.15) is 0 Å². The van der Waals surface area contributed by atoms with Crippen LogP contribution in [0.3, 0.4) is 0 Å². The second-order valence-electron chi connectivity index (χ2n) is 7.52. The summed E-state index contributed by atoms with van der Waals surface area (Å²) in [5, 5.41) is 70.0. The van der Waals surface area contributed by atoms with E-state index >= 15 is 0 Å². The van der Waals surface area contributed by atoms with Gasteiger partial charge in [-0.25, -0.2) is 4.42 Å². The topological polar surface area (TPSA) is 181 Å². The van der Waals surface area contributed by atoms with Crippen LogP contribution in [0.5, 0.6) is 28.7 Å². The van der Waals surface area contributed by atoms with Crippen molar-refractivity contribution in [3.63, 3.8) is 0 Å². The van der Waals surface area contributed by atoms with Crippen molar-refractivity contribution in [3.8, 4) is 40.1 Å². The molecule has 7 N–H and O–H groups in total. The molecule has 5 atom stereocenters. The van der Waals surface area contributed by atoms with Crippen LogP contribution in [0.4, 0.5) is 0 Å². The molecule has 1 aliphatic rings. The highest BCUT2D eigenvalue weighted by Crippen LogP contribution is 2.42. The van der Waals surface area contributed by atoms with Gasteiger partial charge < -0.3 is 50.0 Å². The van der Waals surface area contributed by atoms with Crippen LogP contribution in [0.1, 0.15) is 0 Å². The fraction of sp³-hybridized carbons (Fsp3) is 0.318. The van der Waals surface area contributed by atoms with Gasteiger partial charge in [0.1, 0.15) is 41.3 Å². The molecule has 33 heavy (non-hydrogen) atoms. The first kappa shape index (κ1) is 22.8. The normalized spacial score (nSPS) is 25.2. The zero-order valence-electron chi connectivity index (χ0n) is 17.3. The lowest BCUT2D eigenvalue weighted by Crippen LogP contribution is -2.60. The predicted octanol–water partition coefficient (Wildman–Crippen LogP) is 0.685. The van der Waals surface area contributed by atoms with Crippen molar-refractivity contribution in [2.24, 2.45) is 0 Å². The molecule has 11 nitrogen and oxygen atoms in total. The summed E-state index contributed by atoms with van der Waals surface area (Å²) < 4.78 is 22.2. The predicted molar refractivity (Wildman–Crippen MR) is 112 cm³/mol. The van der Waals surface area contributed by atoms with E-state index in [1.165, 1.54) is 43.5 Å². The Kier molecular flexibility index (Phi) is 6.15. The fourth-order valence-corrected chi connectivity index (χ4v) is 3.53. The van der Waals surface area contributed by atoms with Gasteiger partial charge in [0, 0.05) is 18.2 Å². The minimum absolute atomic E-state index is 0.0161. The number of benzene rings is 2. The number of methoxy groups -OCH3 is 1. The van der Waals surface area contributed by atoms with E-state index in [2.05, 4.69) is 0 Å². The van der Waals surface area contributed by atoms with Crippen LogP contribution in [0.25, 0.3) is 22.3 Å². The smallest absolute Gasteiger partial charge is 0.402 e. The van der Waals surface area contributed by atoms with Crippen LogP contribution in [0.15, 0.2) is 40.8 Å². The third kappa shape index (κ3) is 4.19. The highest BCUT2D eigenvalue weighted by Gasteiger charge is 2.45. The number of phenolic OH excluding ortho intramolecular Hbond substituents is 3. The molecule has 2 aromatic carbocycles. The molecule has 0 bridgehead atoms. The lowest BCUT2D eigenvalue weighted by molar-refractivity contribution is -0.277. The molecule has 0 unspecified atom stereocenters. The van der Waals surface area contributed by atoms with Gasteiger partial charge in [0.05, 0.1) is 25.3 Å². The number of aliphatic hydroxyl groups is 4. The molecule has 1 aromatic heterocycles. The molecule has 11 heteroatoms. The fourth-order valence-electron chi connectivity index (χ4n) is 3.53. The van der Waals surface area contributed by atoms with Crippen molar-refractivity contribution in [2.45, 2.75) is 30.7 Å². The summed E-state index contributed by atoms with van der Waals surface area (Å²) in [7, 11) is 1.41. The Morgan fingerprint density at radius 3 is 2.33 bits per heavy atom. The van der Waals surface area contributed by atoms with Crippen molar-refractivity contribution in [2.75, 3.05) is 13.7 Å². The SMILES string of the molecule is COc1cc(O)c2cc(O[C@@H]3O[C@H](CO)[C@@H](O)[C@H](O)[C@H]3O)c(-c3ccc(O)c(O)c3)[o+]c2c1. The van der Waals surface area contributed by atoms with Crippen LogP contribution in [0, 0.1) is 0 Å². The third-order valence-electron chi connectivity index (χ3n) is 5.37. The molecule has 0 spiro atoms. The van der Waals surface area contributed by atoms with Gasteiger partial charge in [-0.15, -0.1) is 0 Å². The second-order valence-corrected chi connectivity index (χ2v) is 7.52. The van der Waals surface area contributed by atoms with E-state index in [4.69, 9.17) is 18.6 Å². The maximum absolute atomic E-state index is 10.4. The first-order valence-corrected chi connectivity index (χ1v) is 9.91. The van der Waals surface area contributed by atoms with Crippen molar-refractivity contribution in [1.29, 1.82) is 0 Å². The Hall–Kier alpha value is -3.35. The summed E-state index contributed by atoms with van der Waals surface area (Å²) in [5.41, 5.74) is 0.449. The zero-order valence-corrected chi connectivity index (χ0v) is 17.3. The molecule has 0 amide bonds. The monoisotopic (exact) mass is 463 g/mol. The number of rotatable bonds is 5. The molecule has 1 saturated heterocycles. The van der Waals surface area contributed by atoms with Crippen molar-refractivity contribution in [1.82, 2.24) is 0 Å². The highest BCUT2D eigenvalue weighted by atomic mass is 16.7. The lowest BCUT2D eigenvalue weighted by atomic mass is 9.99. The molecule has 3 aromatic rings. The number of aliphatic hydroxyl groups excluding tert-OH is 4. The molecular formula is C22H23O11+. The van der Waals surface area contributed by atoms with Crippen LogP contribution in [-0.4, -0.2) is 80.2 Å². The minimum Gasteiger partial charge on any atom is -0.507 e. The number of hydrogen-bond acceptors (Lipinski definition) is 10. The molecular weight excluding hydrogens is 440 g/mol. The number of hydrogen-bond donors (Lipinski definition) is 7. The van der Waals surface area contributed by atoms with Crippen LogP contribution in [-0.2, 0) is 4.74 Å². The Bertz CT molecular complexity index is 1160. The maximum Gasteiger partial charge on any atom is 0.402 e. The van der Waals surface area contributed by atoms with Gasteiger partial charge in [0.2, 0.25) is 12.0 Å². The van der Waals surface area contributed by atoms with E-state index in [9.17, 15) is 35.7 Å². The van der Waals surface area contributed by atoms with Gasteiger partial charge in [-0.3, -0.25) is 0 Å². The number of ether oxygens (including phenoxy) is 3. The average Bonchev–Trinajstić information content (AvgIpc) is 2.81. The second kappa shape index (κ2) is 8.89. The quantitative estimate of drug-likeness (QED) is 0.209. The van der Waals surface area contributed by atoms with Crippen molar-refractivity contribution in [3.05, 3.63) is 36.4 Å². The Labute approximate surface area is 186 Å². The summed E-state index contributed by atoms with van der Waals surface area (Å²) in [5.74, 6) is -0.747. The molecule has 176 valence electrons. The number of phenols is 3. The summed E-state index contributed by atoms with van der Waals surface area (Å²) in [6.45, 7) is -0.647. The van der Waals surface area contributed by atoms with Crippen molar-refractivity contribution < 1.29 is 54.4 Å². The van der Waals surface area contributed by atoms with E-state index in [0.717, 1.165) is 0 Å². The third-order valence-corrected chi connectivity index (χ3v) is 5.37. The molecule has 0 radical (unpaired) electrons. The average molecular weight is 463 g/mol. The summed E-state index contributed by atoms with van der Waals surface area (Å²) >= 11 is 0. The summed E-state index contributed by atoms with van der Waals surface area (Å²) in [6.07, 6.45) is -7.67. The molecule has 0 saturated carbocycles. The van der Waals surface area contributed by atoms with E-state index in [-0.39, 0.29) is 39.5 Å². The number of fused-ring (bicyclic) bond motifs is 1. The zero-order chi connectivity index (χ0) is 23.9. The first-order chi connectivity index (χ1) is 15.7. The van der Waals surface area contributed by atoms with Crippen LogP contribution < -0.4 is 9.47 Å². The van der Waals surface area contributed by atoms with Gasteiger partial charge in [-0.05, 0) is 12.1 Å². The summed E-state index contributed by atoms with van der Waals surface area (Å²) in [6, 6.07) is 8.11. The molecule has 0 aliphatic carbocycles. The van der Waals surface area contributed by atoms with Gasteiger partial charge in [-0.1, -0.05) is 0 Å². The molecule has 1 aliphatic heterocycles. The Morgan fingerprint density at radius 1 is 0.909 bits per heavy atom. The molecule has 1 fully saturated rings. The van der Waals surface area contributed by atoms with Crippen LogP contribution >= 0.6 is 0 Å². The summed E-state index contributed by atoms with van der Waals surface area (Å²) in [4.78, 5) is 0. The van der Waals surface area contributed by atoms with Gasteiger partial charge >= 0.3 is 11.3 Å². The Morgan fingerprint density at radius 2 is 1.67 bits per heavy atom. The molecule has 2 heterocycles. The molecule has 4 rings (SSSR count).